The number of carbonyl (C=O) groups excluding carboxylic acids is 1. The molecule has 1 unspecified atom stereocenters. The number of hydrogen-bond donors (Lipinski definition) is 1. The van der Waals surface area contributed by atoms with Crippen LogP contribution in [0.1, 0.15) is 6.92 Å². The molecule has 1 aromatic carbocycles. The number of halogens is 2. The van der Waals surface area contributed by atoms with Crippen LogP contribution in [0.3, 0.4) is 0 Å². The van der Waals surface area contributed by atoms with Crippen LogP contribution in [-0.2, 0) is 4.79 Å². The molecule has 0 spiro atoms. The normalized spacial score (nSPS) is 17.8. The van der Waals surface area contributed by atoms with Gasteiger partial charge < -0.3 is 27.4 Å². The Bertz CT molecular complexity index is 440. The quantitative estimate of drug-likeness (QED) is 0.678. The van der Waals surface area contributed by atoms with Crippen molar-refractivity contribution in [2.45, 2.75) is 13.0 Å². The van der Waals surface area contributed by atoms with Crippen molar-refractivity contribution in [2.75, 3.05) is 25.0 Å². The molecule has 0 aliphatic carbocycles. The third-order valence-corrected chi connectivity index (χ3v) is 3.01. The van der Waals surface area contributed by atoms with E-state index < -0.39 is 6.10 Å². The van der Waals surface area contributed by atoms with E-state index in [0.717, 1.165) is 18.0 Å². The molecule has 2 N–H and O–H groups in total. The van der Waals surface area contributed by atoms with Crippen molar-refractivity contribution >= 4 is 23.2 Å². The Hall–Kier alpha value is -0.970. The topological polar surface area (TPSA) is 46.2 Å². The number of rotatable bonds is 3. The van der Waals surface area contributed by atoms with Crippen LogP contribution >= 0.6 is 11.6 Å². The van der Waals surface area contributed by atoms with Gasteiger partial charge >= 0.3 is 0 Å². The van der Waals surface area contributed by atoms with Gasteiger partial charge in [0, 0.05) is 5.02 Å². The van der Waals surface area contributed by atoms with Crippen LogP contribution in [0.4, 0.5) is 5.69 Å². The van der Waals surface area contributed by atoms with Crippen molar-refractivity contribution in [2.24, 2.45) is 0 Å². The molecule has 0 radical (unpaired) electrons. The van der Waals surface area contributed by atoms with Crippen molar-refractivity contribution in [1.29, 1.82) is 0 Å². The second-order valence-corrected chi connectivity index (χ2v) is 4.50. The Balaban J connectivity index is 0.00000162. The van der Waals surface area contributed by atoms with Gasteiger partial charge in [0.2, 0.25) is 0 Å². The van der Waals surface area contributed by atoms with Crippen LogP contribution in [0.5, 0.6) is 5.75 Å². The first-order chi connectivity index (χ1) is 8.13. The maximum Gasteiger partial charge on any atom is 0.268 e. The van der Waals surface area contributed by atoms with Crippen LogP contribution in [-0.4, -0.2) is 32.1 Å². The SMILES string of the molecule is C[NH2+]CCN1C(=O)C(C)Oc2ccc(Cl)cc21.[Cl-]. The lowest BCUT2D eigenvalue weighted by molar-refractivity contribution is -0.624. The number of anilines is 1. The Morgan fingerprint density at radius 3 is 2.89 bits per heavy atom. The molecule has 4 nitrogen and oxygen atoms in total. The predicted octanol–water partition coefficient (Wildman–Crippen LogP) is -2.35. The van der Waals surface area contributed by atoms with Gasteiger partial charge in [0.05, 0.1) is 25.8 Å². The standard InChI is InChI=1S/C12H15ClN2O2.ClH/c1-8-12(16)15(6-5-14-2)10-7-9(13)3-4-11(10)17-8;/h3-4,7-8,14H,5-6H2,1-2H3;1H. The van der Waals surface area contributed by atoms with Crippen LogP contribution < -0.4 is 27.4 Å². The molecule has 1 aromatic rings. The Morgan fingerprint density at radius 1 is 1.50 bits per heavy atom. The van der Waals surface area contributed by atoms with Crippen LogP contribution in [0.25, 0.3) is 0 Å². The lowest BCUT2D eigenvalue weighted by Crippen LogP contribution is -3.00. The van der Waals surface area contributed by atoms with E-state index in [1.165, 1.54) is 0 Å². The number of hydrogen-bond acceptors (Lipinski definition) is 2. The Kier molecular flexibility index (Phi) is 5.26. The maximum absolute atomic E-state index is 12.0. The Labute approximate surface area is 118 Å². The number of ether oxygens (including phenoxy) is 1. The molecule has 0 fully saturated rings. The number of quaternary nitrogens is 1. The van der Waals surface area contributed by atoms with E-state index in [1.54, 1.807) is 24.0 Å². The van der Waals surface area contributed by atoms with Gasteiger partial charge in [0.15, 0.2) is 6.10 Å². The van der Waals surface area contributed by atoms with Crippen LogP contribution in [0.2, 0.25) is 5.02 Å². The summed E-state index contributed by atoms with van der Waals surface area (Å²) in [7, 11) is 1.98. The molecule has 6 heteroatoms. The van der Waals surface area contributed by atoms with Gasteiger partial charge in [-0.1, -0.05) is 11.6 Å². The van der Waals surface area contributed by atoms with Gasteiger partial charge in [-0.05, 0) is 25.1 Å². The first kappa shape index (κ1) is 15.1. The fourth-order valence-corrected chi connectivity index (χ4v) is 2.04. The van der Waals surface area contributed by atoms with E-state index in [-0.39, 0.29) is 18.3 Å². The minimum absolute atomic E-state index is 0. The Morgan fingerprint density at radius 2 is 2.22 bits per heavy atom. The predicted molar refractivity (Wildman–Crippen MR) is 66.6 cm³/mol. The zero-order chi connectivity index (χ0) is 12.4. The van der Waals surface area contributed by atoms with Crippen LogP contribution in [0.15, 0.2) is 18.2 Å². The third-order valence-electron chi connectivity index (χ3n) is 2.77. The van der Waals surface area contributed by atoms with Crippen molar-refractivity contribution in [3.8, 4) is 5.75 Å². The first-order valence-electron chi connectivity index (χ1n) is 5.69. The molecule has 0 aromatic heterocycles. The molecular weight excluding hydrogens is 275 g/mol. The molecule has 1 heterocycles. The lowest BCUT2D eigenvalue weighted by Gasteiger charge is -2.32. The highest BCUT2D eigenvalue weighted by molar-refractivity contribution is 6.31. The van der Waals surface area contributed by atoms with Gasteiger partial charge in [0.25, 0.3) is 5.91 Å². The second kappa shape index (κ2) is 6.27. The van der Waals surface area contributed by atoms with E-state index >= 15 is 0 Å². The molecule has 0 bridgehead atoms. The largest absolute Gasteiger partial charge is 1.00 e. The van der Waals surface area contributed by atoms with Crippen molar-refractivity contribution < 1.29 is 27.3 Å². The summed E-state index contributed by atoms with van der Waals surface area (Å²) < 4.78 is 5.55. The van der Waals surface area contributed by atoms with Gasteiger partial charge in [-0.25, -0.2) is 0 Å². The summed E-state index contributed by atoms with van der Waals surface area (Å²) in [5.41, 5.74) is 0.766. The summed E-state index contributed by atoms with van der Waals surface area (Å²) in [4.78, 5) is 13.8. The summed E-state index contributed by atoms with van der Waals surface area (Å²) in [6.45, 7) is 3.28. The molecule has 1 atom stereocenters. The zero-order valence-corrected chi connectivity index (χ0v) is 11.8. The monoisotopic (exact) mass is 290 g/mol. The fraction of sp³-hybridized carbons (Fsp3) is 0.417. The van der Waals surface area contributed by atoms with Crippen LogP contribution in [0, 0.1) is 0 Å². The van der Waals surface area contributed by atoms with Gasteiger partial charge in [0.1, 0.15) is 5.75 Å². The molecule has 1 aliphatic heterocycles. The molecule has 1 aliphatic rings. The summed E-state index contributed by atoms with van der Waals surface area (Å²) in [6.07, 6.45) is -0.430. The summed E-state index contributed by atoms with van der Waals surface area (Å²) >= 11 is 5.96. The number of amides is 1. The number of fused-ring (bicyclic) bond motifs is 1. The number of carbonyl (C=O) groups is 1. The van der Waals surface area contributed by atoms with E-state index in [1.807, 2.05) is 18.4 Å². The fourth-order valence-electron chi connectivity index (χ4n) is 1.87. The van der Waals surface area contributed by atoms with Crippen molar-refractivity contribution in [3.05, 3.63) is 23.2 Å². The average Bonchev–Trinajstić information content (AvgIpc) is 2.31. The molecule has 2 rings (SSSR count). The number of nitrogens with two attached hydrogens (primary N) is 1. The van der Waals surface area contributed by atoms with Gasteiger partial charge in [-0.15, -0.1) is 0 Å². The van der Waals surface area contributed by atoms with Gasteiger partial charge in [-0.2, -0.15) is 0 Å². The molecule has 100 valence electrons. The first-order valence-corrected chi connectivity index (χ1v) is 6.06. The lowest BCUT2D eigenvalue weighted by atomic mass is 10.2. The van der Waals surface area contributed by atoms with E-state index in [4.69, 9.17) is 16.3 Å². The highest BCUT2D eigenvalue weighted by Crippen LogP contribution is 2.35. The van der Waals surface area contributed by atoms with Crippen molar-refractivity contribution in [1.82, 2.24) is 0 Å². The van der Waals surface area contributed by atoms with E-state index in [0.29, 0.717) is 11.6 Å². The zero-order valence-electron chi connectivity index (χ0n) is 10.3. The smallest absolute Gasteiger partial charge is 0.268 e. The molecule has 1 amide bonds. The summed E-state index contributed by atoms with van der Waals surface area (Å²) in [5.74, 6) is 0.708. The van der Waals surface area contributed by atoms with Gasteiger partial charge in [-0.3, -0.25) is 4.79 Å². The number of likely N-dealkylation sites (N-methyl/N-ethyl adjacent to an activating group) is 1. The third kappa shape index (κ3) is 2.88. The summed E-state index contributed by atoms with van der Waals surface area (Å²) in [5, 5.41) is 2.65. The van der Waals surface area contributed by atoms with Crippen molar-refractivity contribution in [3.63, 3.8) is 0 Å². The molecule has 0 saturated carbocycles. The molecule has 18 heavy (non-hydrogen) atoms. The maximum atomic E-state index is 12.0. The minimum atomic E-state index is -0.430. The molecular formula is C12H16Cl2N2O2. The molecule has 0 saturated heterocycles. The second-order valence-electron chi connectivity index (χ2n) is 4.06. The van der Waals surface area contributed by atoms with E-state index in [9.17, 15) is 4.79 Å². The minimum Gasteiger partial charge on any atom is -1.00 e. The van der Waals surface area contributed by atoms with E-state index in [2.05, 4.69) is 0 Å². The average molecular weight is 291 g/mol. The highest BCUT2D eigenvalue weighted by Gasteiger charge is 2.31. The summed E-state index contributed by atoms with van der Waals surface area (Å²) in [6, 6.07) is 5.35. The highest BCUT2D eigenvalue weighted by atomic mass is 35.5. The number of nitrogens with zero attached hydrogens (tertiary/aromatic N) is 1. The number of benzene rings is 1.